The zero-order valence-electron chi connectivity index (χ0n) is 12.0. The van der Waals surface area contributed by atoms with Gasteiger partial charge >= 0.3 is 0 Å². The second-order valence-corrected chi connectivity index (χ2v) is 5.28. The number of aliphatic hydroxyl groups is 1. The molecule has 0 unspecified atom stereocenters. The number of aliphatic hydroxyl groups excluding tert-OH is 1. The number of benzene rings is 1. The van der Waals surface area contributed by atoms with Gasteiger partial charge in [-0.15, -0.1) is 0 Å². The molecule has 1 amide bonds. The summed E-state index contributed by atoms with van der Waals surface area (Å²) in [4.78, 5) is 11.8. The Morgan fingerprint density at radius 2 is 2.20 bits per heavy atom. The molecule has 0 fully saturated rings. The molecule has 20 heavy (non-hydrogen) atoms. The monoisotopic (exact) mass is 277 g/mol. The lowest BCUT2D eigenvalue weighted by Crippen LogP contribution is -2.36. The number of rotatable bonds is 7. The zero-order valence-corrected chi connectivity index (χ0v) is 12.0. The molecule has 2 rings (SSSR count). The molecular formula is C16H23NO3. The molecule has 0 aromatic heterocycles. The Bertz CT molecular complexity index is 447. The number of carbonyl (C=O) groups excluding carboxylic acids is 1. The van der Waals surface area contributed by atoms with E-state index in [0.717, 1.165) is 30.4 Å². The van der Waals surface area contributed by atoms with Crippen LogP contribution in [0.4, 0.5) is 0 Å². The Kier molecular flexibility index (Phi) is 5.56. The maximum absolute atomic E-state index is 11.8. The second kappa shape index (κ2) is 7.41. The van der Waals surface area contributed by atoms with Crippen LogP contribution in [0.15, 0.2) is 24.3 Å². The van der Waals surface area contributed by atoms with Crippen molar-refractivity contribution in [2.24, 2.45) is 0 Å². The van der Waals surface area contributed by atoms with E-state index < -0.39 is 6.10 Å². The van der Waals surface area contributed by atoms with Gasteiger partial charge in [-0.05, 0) is 17.5 Å². The topological polar surface area (TPSA) is 58.6 Å². The van der Waals surface area contributed by atoms with Gasteiger partial charge in [-0.3, -0.25) is 4.79 Å². The summed E-state index contributed by atoms with van der Waals surface area (Å²) in [6, 6.07) is 7.52. The number of fused-ring (bicyclic) bond motifs is 1. The van der Waals surface area contributed by atoms with Crippen molar-refractivity contribution in [3.8, 4) is 0 Å². The van der Waals surface area contributed by atoms with E-state index in [1.54, 1.807) is 0 Å². The summed E-state index contributed by atoms with van der Waals surface area (Å²) in [5.74, 6) is -0.165. The number of amides is 1. The molecule has 2 atom stereocenters. The molecule has 0 radical (unpaired) electrons. The molecule has 0 saturated carbocycles. The average Bonchev–Trinajstić information content (AvgIpc) is 2.75. The van der Waals surface area contributed by atoms with E-state index in [1.807, 2.05) is 24.3 Å². The lowest BCUT2D eigenvalue weighted by Gasteiger charge is -2.18. The van der Waals surface area contributed by atoms with Crippen LogP contribution in [0.3, 0.4) is 0 Å². The highest BCUT2D eigenvalue weighted by molar-refractivity contribution is 5.78. The fourth-order valence-electron chi connectivity index (χ4n) is 2.58. The smallest absolute Gasteiger partial charge is 0.246 e. The first-order valence-corrected chi connectivity index (χ1v) is 7.35. The minimum Gasteiger partial charge on any atom is -0.390 e. The van der Waals surface area contributed by atoms with Gasteiger partial charge in [-0.25, -0.2) is 0 Å². The first-order valence-electron chi connectivity index (χ1n) is 7.35. The van der Waals surface area contributed by atoms with Gasteiger partial charge in [0.05, 0.1) is 12.1 Å². The molecule has 1 aliphatic carbocycles. The Morgan fingerprint density at radius 3 is 3.00 bits per heavy atom. The van der Waals surface area contributed by atoms with Gasteiger partial charge in [-0.1, -0.05) is 44.0 Å². The number of hydrogen-bond donors (Lipinski definition) is 2. The molecule has 4 heteroatoms. The van der Waals surface area contributed by atoms with E-state index in [1.165, 1.54) is 0 Å². The van der Waals surface area contributed by atoms with Crippen molar-refractivity contribution >= 4 is 5.91 Å². The predicted octanol–water partition coefficient (Wildman–Crippen LogP) is 1.97. The van der Waals surface area contributed by atoms with Gasteiger partial charge in [0, 0.05) is 13.0 Å². The molecule has 1 aliphatic rings. The van der Waals surface area contributed by atoms with Crippen molar-refractivity contribution in [1.29, 1.82) is 0 Å². The lowest BCUT2D eigenvalue weighted by molar-refractivity contribution is -0.127. The summed E-state index contributed by atoms with van der Waals surface area (Å²) >= 11 is 0. The molecular weight excluding hydrogens is 254 g/mol. The van der Waals surface area contributed by atoms with Gasteiger partial charge < -0.3 is 15.2 Å². The Hall–Kier alpha value is -1.39. The summed E-state index contributed by atoms with van der Waals surface area (Å²) in [6.45, 7) is 2.81. The quantitative estimate of drug-likeness (QED) is 0.749. The summed E-state index contributed by atoms with van der Waals surface area (Å²) in [5, 5.41) is 12.9. The molecule has 2 N–H and O–H groups in total. The molecule has 0 saturated heterocycles. The number of ether oxygens (including phenoxy) is 1. The minimum atomic E-state index is -0.545. The van der Waals surface area contributed by atoms with Gasteiger partial charge in [0.2, 0.25) is 5.91 Å². The highest BCUT2D eigenvalue weighted by Crippen LogP contribution is 2.30. The predicted molar refractivity (Wildman–Crippen MR) is 77.4 cm³/mol. The van der Waals surface area contributed by atoms with Crippen LogP contribution in [-0.4, -0.2) is 30.3 Å². The van der Waals surface area contributed by atoms with Gasteiger partial charge in [0.25, 0.3) is 0 Å². The van der Waals surface area contributed by atoms with E-state index in [2.05, 4.69) is 12.2 Å². The average molecular weight is 277 g/mol. The summed E-state index contributed by atoms with van der Waals surface area (Å²) in [5.41, 5.74) is 2.12. The summed E-state index contributed by atoms with van der Waals surface area (Å²) in [7, 11) is 0. The van der Waals surface area contributed by atoms with Crippen LogP contribution < -0.4 is 5.32 Å². The Balaban J connectivity index is 1.80. The zero-order chi connectivity index (χ0) is 14.4. The second-order valence-electron chi connectivity index (χ2n) is 5.28. The van der Waals surface area contributed by atoms with Crippen LogP contribution in [0, 0.1) is 0 Å². The number of carbonyl (C=O) groups is 1. The number of hydrogen-bond acceptors (Lipinski definition) is 3. The molecule has 110 valence electrons. The highest BCUT2D eigenvalue weighted by Gasteiger charge is 2.31. The minimum absolute atomic E-state index is 0.0646. The van der Waals surface area contributed by atoms with Gasteiger partial charge in [-0.2, -0.15) is 0 Å². The Labute approximate surface area is 120 Å². The third-order valence-electron chi connectivity index (χ3n) is 3.65. The van der Waals surface area contributed by atoms with Crippen molar-refractivity contribution in [2.75, 3.05) is 13.2 Å². The van der Waals surface area contributed by atoms with Crippen molar-refractivity contribution in [3.63, 3.8) is 0 Å². The summed E-state index contributed by atoms with van der Waals surface area (Å²) < 4.78 is 5.34. The van der Waals surface area contributed by atoms with Crippen LogP contribution >= 0.6 is 0 Å². The van der Waals surface area contributed by atoms with Crippen molar-refractivity contribution in [3.05, 3.63) is 35.4 Å². The Morgan fingerprint density at radius 1 is 1.40 bits per heavy atom. The third-order valence-corrected chi connectivity index (χ3v) is 3.65. The van der Waals surface area contributed by atoms with E-state index in [0.29, 0.717) is 13.0 Å². The summed E-state index contributed by atoms with van der Waals surface area (Å²) in [6.07, 6.45) is 3.30. The van der Waals surface area contributed by atoms with E-state index in [4.69, 9.17) is 4.74 Å². The van der Waals surface area contributed by atoms with Crippen LogP contribution in [0.2, 0.25) is 0 Å². The molecule has 0 aliphatic heterocycles. The maximum atomic E-state index is 11.8. The fourth-order valence-corrected chi connectivity index (χ4v) is 2.58. The molecule has 0 spiro atoms. The van der Waals surface area contributed by atoms with E-state index >= 15 is 0 Å². The number of unbranched alkanes of at least 4 members (excludes halogenated alkanes) is 2. The first kappa shape index (κ1) is 15.0. The largest absolute Gasteiger partial charge is 0.390 e. The standard InChI is InChI=1S/C16H23NO3/c1-2-3-6-9-20-11-15(19)17-16-13-8-5-4-7-12(13)10-14(16)18/h4-5,7-8,14,16,18H,2-3,6,9-11H2,1H3,(H,17,19)/t14-,16-/m1/s1. The van der Waals surface area contributed by atoms with Crippen molar-refractivity contribution in [2.45, 2.75) is 44.8 Å². The molecule has 1 aromatic rings. The van der Waals surface area contributed by atoms with Crippen LogP contribution in [0.25, 0.3) is 0 Å². The third kappa shape index (κ3) is 3.81. The highest BCUT2D eigenvalue weighted by atomic mass is 16.5. The molecule has 4 nitrogen and oxygen atoms in total. The van der Waals surface area contributed by atoms with Crippen molar-refractivity contribution < 1.29 is 14.6 Å². The normalized spacial score (nSPS) is 20.7. The van der Waals surface area contributed by atoms with Crippen LogP contribution in [-0.2, 0) is 16.0 Å². The fraction of sp³-hybridized carbons (Fsp3) is 0.562. The molecule has 0 bridgehead atoms. The maximum Gasteiger partial charge on any atom is 0.246 e. The SMILES string of the molecule is CCCCCOCC(=O)N[C@@H]1c2ccccc2C[C@H]1O. The van der Waals surface area contributed by atoms with Gasteiger partial charge in [0.1, 0.15) is 6.61 Å². The number of nitrogens with one attached hydrogen (secondary N) is 1. The van der Waals surface area contributed by atoms with Crippen LogP contribution in [0.5, 0.6) is 0 Å². The lowest BCUT2D eigenvalue weighted by atomic mass is 10.1. The van der Waals surface area contributed by atoms with Crippen molar-refractivity contribution in [1.82, 2.24) is 5.32 Å². The van der Waals surface area contributed by atoms with Crippen LogP contribution in [0.1, 0.15) is 43.4 Å². The van der Waals surface area contributed by atoms with E-state index in [-0.39, 0.29) is 18.6 Å². The van der Waals surface area contributed by atoms with Gasteiger partial charge in [0.15, 0.2) is 0 Å². The molecule has 0 heterocycles. The first-order chi connectivity index (χ1) is 9.72. The molecule has 1 aromatic carbocycles. The van der Waals surface area contributed by atoms with E-state index in [9.17, 15) is 9.90 Å².